The minimum atomic E-state index is -0.391. The largest absolute Gasteiger partial charge is 0.457 e. The number of rotatable bonds is 2. The van der Waals surface area contributed by atoms with Crippen molar-refractivity contribution in [1.82, 2.24) is 0 Å². The van der Waals surface area contributed by atoms with Crippen molar-refractivity contribution in [3.8, 4) is 0 Å². The molecule has 0 saturated carbocycles. The van der Waals surface area contributed by atoms with E-state index in [2.05, 4.69) is 6.08 Å². The first-order valence-corrected chi connectivity index (χ1v) is 8.74. The Morgan fingerprint density at radius 1 is 1.33 bits per heavy atom. The first kappa shape index (κ1) is 14.3. The Morgan fingerprint density at radius 3 is 2.61 bits per heavy atom. The lowest BCUT2D eigenvalue weighted by Gasteiger charge is -2.29. The topological polar surface area (TPSA) is 26.3 Å². The number of hydrogen-bond donors (Lipinski definition) is 0. The van der Waals surface area contributed by atoms with Crippen LogP contribution in [0.4, 0.5) is 0 Å². The van der Waals surface area contributed by atoms with Gasteiger partial charge in [-0.05, 0) is 51.5 Å². The maximum Gasteiger partial charge on any atom is 0.334 e. The van der Waals surface area contributed by atoms with Crippen molar-refractivity contribution in [2.45, 2.75) is 50.2 Å². The summed E-state index contributed by atoms with van der Waals surface area (Å²) < 4.78 is 6.07. The van der Waals surface area contributed by atoms with Crippen LogP contribution in [0, 0.1) is 5.92 Å². The fourth-order valence-corrected chi connectivity index (χ4v) is 5.58. The van der Waals surface area contributed by atoms with Crippen molar-refractivity contribution in [2.75, 3.05) is 11.5 Å². The molecule has 1 fully saturated rings. The molecule has 18 heavy (non-hydrogen) atoms. The number of allylic oxidation sites excluding steroid dienone is 1. The molecule has 0 aromatic heterocycles. The summed E-state index contributed by atoms with van der Waals surface area (Å²) >= 11 is 4.03. The van der Waals surface area contributed by atoms with Gasteiger partial charge in [0.05, 0.1) is 4.58 Å². The zero-order valence-electron chi connectivity index (χ0n) is 11.4. The number of hydrogen-bond acceptors (Lipinski definition) is 4. The van der Waals surface area contributed by atoms with Gasteiger partial charge < -0.3 is 4.74 Å². The van der Waals surface area contributed by atoms with E-state index in [4.69, 9.17) is 4.74 Å². The third-order valence-electron chi connectivity index (χ3n) is 3.06. The van der Waals surface area contributed by atoms with E-state index in [0.29, 0.717) is 10.5 Å². The SMILES string of the molecule is CC(C)(C)OC(=O)C1=CCC[C@H]1C1SCCCS1. The van der Waals surface area contributed by atoms with E-state index in [1.54, 1.807) is 0 Å². The van der Waals surface area contributed by atoms with Crippen LogP contribution in [0.25, 0.3) is 0 Å². The van der Waals surface area contributed by atoms with Gasteiger partial charge in [-0.15, -0.1) is 23.5 Å². The second kappa shape index (κ2) is 5.91. The summed E-state index contributed by atoms with van der Waals surface area (Å²) in [5.41, 5.74) is 0.537. The summed E-state index contributed by atoms with van der Waals surface area (Å²) in [6, 6.07) is 0. The first-order valence-electron chi connectivity index (χ1n) is 6.64. The molecule has 0 N–H and O–H groups in total. The quantitative estimate of drug-likeness (QED) is 0.720. The second-order valence-electron chi connectivity index (χ2n) is 5.81. The number of esters is 1. The normalized spacial score (nSPS) is 25.9. The van der Waals surface area contributed by atoms with E-state index in [9.17, 15) is 4.79 Å². The van der Waals surface area contributed by atoms with Gasteiger partial charge in [-0.3, -0.25) is 0 Å². The van der Waals surface area contributed by atoms with E-state index in [1.807, 2.05) is 44.3 Å². The molecule has 0 radical (unpaired) electrons. The molecule has 1 heterocycles. The van der Waals surface area contributed by atoms with Gasteiger partial charge in [0.1, 0.15) is 5.60 Å². The van der Waals surface area contributed by atoms with E-state index in [0.717, 1.165) is 18.4 Å². The number of ether oxygens (including phenoxy) is 1. The van der Waals surface area contributed by atoms with Gasteiger partial charge in [0.25, 0.3) is 0 Å². The molecule has 2 aliphatic rings. The van der Waals surface area contributed by atoms with Gasteiger partial charge in [0.2, 0.25) is 0 Å². The van der Waals surface area contributed by atoms with Gasteiger partial charge in [0, 0.05) is 11.5 Å². The van der Waals surface area contributed by atoms with E-state index in [1.165, 1.54) is 17.9 Å². The summed E-state index contributed by atoms with van der Waals surface area (Å²) in [5.74, 6) is 2.76. The molecule has 0 bridgehead atoms. The van der Waals surface area contributed by atoms with Crippen molar-refractivity contribution in [3.63, 3.8) is 0 Å². The second-order valence-corrected chi connectivity index (χ2v) is 8.61. The minimum absolute atomic E-state index is 0.100. The Bertz CT molecular complexity index is 338. The molecule has 2 rings (SSSR count). The smallest absolute Gasteiger partial charge is 0.334 e. The van der Waals surface area contributed by atoms with Crippen LogP contribution >= 0.6 is 23.5 Å². The molecule has 4 heteroatoms. The predicted molar refractivity (Wildman–Crippen MR) is 80.0 cm³/mol. The molecular formula is C14H22O2S2. The summed E-state index contributed by atoms with van der Waals surface area (Å²) in [6.07, 6.45) is 5.52. The van der Waals surface area contributed by atoms with E-state index >= 15 is 0 Å². The molecule has 0 amide bonds. The molecule has 1 atom stereocenters. The van der Waals surface area contributed by atoms with Crippen molar-refractivity contribution in [3.05, 3.63) is 11.6 Å². The Hall–Kier alpha value is -0.0900. The Kier molecular flexibility index (Phi) is 4.70. The maximum atomic E-state index is 12.2. The van der Waals surface area contributed by atoms with Crippen LogP contribution in [-0.4, -0.2) is 27.7 Å². The fourth-order valence-electron chi connectivity index (χ4n) is 2.32. The third kappa shape index (κ3) is 3.70. The van der Waals surface area contributed by atoms with Gasteiger partial charge in [0.15, 0.2) is 0 Å². The van der Waals surface area contributed by atoms with Gasteiger partial charge in [-0.25, -0.2) is 4.79 Å². The molecule has 2 nitrogen and oxygen atoms in total. The monoisotopic (exact) mass is 286 g/mol. The highest BCUT2D eigenvalue weighted by Gasteiger charge is 2.35. The molecular weight excluding hydrogens is 264 g/mol. The molecule has 0 unspecified atom stereocenters. The van der Waals surface area contributed by atoms with E-state index < -0.39 is 5.60 Å². The average Bonchev–Trinajstić information content (AvgIpc) is 2.76. The van der Waals surface area contributed by atoms with Gasteiger partial charge in [-0.1, -0.05) is 6.08 Å². The van der Waals surface area contributed by atoms with Crippen LogP contribution in [-0.2, 0) is 9.53 Å². The van der Waals surface area contributed by atoms with Crippen LogP contribution in [0.3, 0.4) is 0 Å². The lowest BCUT2D eigenvalue weighted by molar-refractivity contribution is -0.150. The average molecular weight is 286 g/mol. The Balaban J connectivity index is 2.00. The molecule has 0 aromatic rings. The van der Waals surface area contributed by atoms with Crippen LogP contribution in [0.5, 0.6) is 0 Å². The standard InChI is InChI=1S/C14H22O2S2/c1-14(2,3)16-12(15)10-6-4-7-11(10)13-17-8-5-9-18-13/h6,11,13H,4-5,7-9H2,1-3H3/t11-/m1/s1. The lowest BCUT2D eigenvalue weighted by Crippen LogP contribution is -2.29. The summed E-state index contributed by atoms with van der Waals surface area (Å²) in [7, 11) is 0. The van der Waals surface area contributed by atoms with Crippen molar-refractivity contribution in [2.24, 2.45) is 5.92 Å². The highest BCUT2D eigenvalue weighted by Crippen LogP contribution is 2.43. The Morgan fingerprint density at radius 2 is 2.00 bits per heavy atom. The van der Waals surface area contributed by atoms with Crippen LogP contribution in [0.2, 0.25) is 0 Å². The molecule has 1 aliphatic heterocycles. The zero-order valence-corrected chi connectivity index (χ0v) is 13.0. The summed E-state index contributed by atoms with van der Waals surface area (Å²) in [4.78, 5) is 12.2. The molecule has 1 aliphatic carbocycles. The van der Waals surface area contributed by atoms with E-state index in [-0.39, 0.29) is 5.97 Å². The molecule has 1 saturated heterocycles. The van der Waals surface area contributed by atoms with Crippen molar-refractivity contribution in [1.29, 1.82) is 0 Å². The highest BCUT2D eigenvalue weighted by molar-refractivity contribution is 8.17. The first-order chi connectivity index (χ1) is 8.47. The molecule has 0 spiro atoms. The number of carbonyl (C=O) groups is 1. The number of thioether (sulfide) groups is 2. The fraction of sp³-hybridized carbons (Fsp3) is 0.786. The lowest BCUT2D eigenvalue weighted by atomic mass is 10.0. The van der Waals surface area contributed by atoms with Crippen molar-refractivity contribution < 1.29 is 9.53 Å². The van der Waals surface area contributed by atoms with Crippen LogP contribution < -0.4 is 0 Å². The zero-order chi connectivity index (χ0) is 13.2. The summed E-state index contributed by atoms with van der Waals surface area (Å²) in [5, 5.41) is 0. The Labute approximate surface area is 118 Å². The van der Waals surface area contributed by atoms with Crippen molar-refractivity contribution >= 4 is 29.5 Å². The maximum absolute atomic E-state index is 12.2. The molecule has 0 aromatic carbocycles. The molecule has 102 valence electrons. The van der Waals surface area contributed by atoms with Crippen LogP contribution in [0.1, 0.15) is 40.0 Å². The highest BCUT2D eigenvalue weighted by atomic mass is 32.2. The van der Waals surface area contributed by atoms with Crippen LogP contribution in [0.15, 0.2) is 11.6 Å². The van der Waals surface area contributed by atoms with Gasteiger partial charge >= 0.3 is 5.97 Å². The van der Waals surface area contributed by atoms with Gasteiger partial charge in [-0.2, -0.15) is 0 Å². The predicted octanol–water partition coefficient (Wildman–Crippen LogP) is 3.86. The number of carbonyl (C=O) groups excluding carboxylic acids is 1. The minimum Gasteiger partial charge on any atom is -0.457 e. The summed E-state index contributed by atoms with van der Waals surface area (Å²) in [6.45, 7) is 5.79. The third-order valence-corrected chi connectivity index (χ3v) is 6.24.